The third-order valence-electron chi connectivity index (χ3n) is 4.60. The Kier molecular flexibility index (Phi) is 4.23. The molecule has 0 spiro atoms. The van der Waals surface area contributed by atoms with E-state index in [4.69, 9.17) is 22.3 Å². The van der Waals surface area contributed by atoms with E-state index in [2.05, 4.69) is 11.5 Å². The fourth-order valence-corrected chi connectivity index (χ4v) is 3.67. The molecule has 0 unspecified atom stereocenters. The van der Waals surface area contributed by atoms with Gasteiger partial charge in [0.1, 0.15) is 5.82 Å². The molecule has 3 nitrogen and oxygen atoms in total. The smallest absolute Gasteiger partial charge is 0.111 e. The largest absolute Gasteiger partial charge is 0.328 e. The minimum Gasteiger partial charge on any atom is -0.328 e. The zero-order valence-corrected chi connectivity index (χ0v) is 13.5. The number of aryl methyl sites for hydroxylation is 1. The lowest BCUT2D eigenvalue weighted by atomic mass is 9.80. The number of aromatic nitrogens is 2. The van der Waals surface area contributed by atoms with Crippen LogP contribution in [0.25, 0.3) is 11.0 Å². The Labute approximate surface area is 131 Å². The van der Waals surface area contributed by atoms with E-state index in [1.807, 2.05) is 18.2 Å². The summed E-state index contributed by atoms with van der Waals surface area (Å²) in [5.41, 5.74) is 8.72. The van der Waals surface area contributed by atoms with E-state index in [0.717, 1.165) is 54.1 Å². The number of fused-ring (bicyclic) bond motifs is 1. The third-order valence-corrected chi connectivity index (χ3v) is 4.83. The Balaban J connectivity index is 1.98. The summed E-state index contributed by atoms with van der Waals surface area (Å²) in [4.78, 5) is 4.84. The minimum atomic E-state index is -0.0745. The summed E-state index contributed by atoms with van der Waals surface area (Å²) >= 11 is 6.15. The molecule has 2 aromatic rings. The molecule has 3 rings (SSSR count). The molecule has 1 aromatic carbocycles. The summed E-state index contributed by atoms with van der Waals surface area (Å²) in [5.74, 6) is 1.12. The topological polar surface area (TPSA) is 43.8 Å². The van der Waals surface area contributed by atoms with Crippen molar-refractivity contribution in [3.8, 4) is 0 Å². The molecule has 1 saturated carbocycles. The lowest BCUT2D eigenvalue weighted by Gasteiger charge is -2.33. The van der Waals surface area contributed by atoms with Gasteiger partial charge in [-0.1, -0.05) is 37.8 Å². The Hall–Kier alpha value is -1.06. The first kappa shape index (κ1) is 14.9. The van der Waals surface area contributed by atoms with E-state index in [-0.39, 0.29) is 5.54 Å². The van der Waals surface area contributed by atoms with Crippen LogP contribution in [0, 0.1) is 0 Å². The van der Waals surface area contributed by atoms with Gasteiger partial charge >= 0.3 is 0 Å². The first-order chi connectivity index (χ1) is 10.1. The molecule has 1 aliphatic rings. The summed E-state index contributed by atoms with van der Waals surface area (Å²) < 4.78 is 2.31. The second-order valence-corrected chi connectivity index (χ2v) is 6.85. The molecule has 0 aliphatic heterocycles. The van der Waals surface area contributed by atoms with Gasteiger partial charge in [0.25, 0.3) is 0 Å². The Morgan fingerprint density at radius 2 is 2.05 bits per heavy atom. The van der Waals surface area contributed by atoms with E-state index < -0.39 is 0 Å². The average molecular weight is 306 g/mol. The van der Waals surface area contributed by atoms with Crippen LogP contribution in [0.15, 0.2) is 18.2 Å². The van der Waals surface area contributed by atoms with Crippen LogP contribution in [-0.4, -0.2) is 15.1 Å². The van der Waals surface area contributed by atoms with Crippen molar-refractivity contribution in [2.24, 2.45) is 5.73 Å². The van der Waals surface area contributed by atoms with Crippen LogP contribution in [0.3, 0.4) is 0 Å². The molecule has 1 fully saturated rings. The van der Waals surface area contributed by atoms with Crippen LogP contribution in [0.1, 0.15) is 51.3 Å². The number of rotatable bonds is 4. The van der Waals surface area contributed by atoms with Gasteiger partial charge in [-0.25, -0.2) is 4.98 Å². The molecule has 114 valence electrons. The lowest BCUT2D eigenvalue weighted by Crippen LogP contribution is -2.44. The van der Waals surface area contributed by atoms with Crippen molar-refractivity contribution in [2.45, 2.75) is 64.0 Å². The van der Waals surface area contributed by atoms with Crippen molar-refractivity contribution in [3.63, 3.8) is 0 Å². The first-order valence-corrected chi connectivity index (χ1v) is 8.43. The zero-order chi connectivity index (χ0) is 14.9. The summed E-state index contributed by atoms with van der Waals surface area (Å²) in [6.07, 6.45) is 8.00. The van der Waals surface area contributed by atoms with Gasteiger partial charge in [-0.3, -0.25) is 0 Å². The molecule has 0 radical (unpaired) electrons. The fourth-order valence-electron chi connectivity index (χ4n) is 3.50. The Morgan fingerprint density at radius 1 is 1.29 bits per heavy atom. The first-order valence-electron chi connectivity index (χ1n) is 8.05. The molecule has 1 aliphatic carbocycles. The van der Waals surface area contributed by atoms with Crippen LogP contribution in [0.5, 0.6) is 0 Å². The molecule has 1 aromatic heterocycles. The molecule has 2 N–H and O–H groups in total. The summed E-state index contributed by atoms with van der Waals surface area (Å²) in [6, 6.07) is 5.94. The molecular weight excluding hydrogens is 282 g/mol. The van der Waals surface area contributed by atoms with E-state index in [1.54, 1.807) is 0 Å². The molecule has 0 saturated heterocycles. The average Bonchev–Trinajstić information content (AvgIpc) is 2.77. The van der Waals surface area contributed by atoms with Crippen LogP contribution in [0.2, 0.25) is 5.02 Å². The molecule has 0 atom stereocenters. The van der Waals surface area contributed by atoms with Crippen molar-refractivity contribution >= 4 is 22.6 Å². The van der Waals surface area contributed by atoms with Gasteiger partial charge in [-0.15, -0.1) is 0 Å². The summed E-state index contributed by atoms with van der Waals surface area (Å²) in [5, 5.41) is 0.770. The highest BCUT2D eigenvalue weighted by molar-refractivity contribution is 6.31. The van der Waals surface area contributed by atoms with Gasteiger partial charge in [0, 0.05) is 23.5 Å². The number of nitrogens with two attached hydrogens (primary N) is 1. The second-order valence-electron chi connectivity index (χ2n) is 6.41. The summed E-state index contributed by atoms with van der Waals surface area (Å²) in [7, 11) is 0. The third kappa shape index (κ3) is 3.09. The van der Waals surface area contributed by atoms with Crippen LogP contribution in [0.4, 0.5) is 0 Å². The highest BCUT2D eigenvalue weighted by Gasteiger charge is 2.29. The Bertz CT molecular complexity index is 626. The lowest BCUT2D eigenvalue weighted by molar-refractivity contribution is 0.287. The zero-order valence-electron chi connectivity index (χ0n) is 12.7. The SMILES string of the molecule is CCCn1c(CC2(N)CCCCC2)nc2ccc(Cl)cc21. The highest BCUT2D eigenvalue weighted by atomic mass is 35.5. The number of hydrogen-bond donors (Lipinski definition) is 1. The maximum absolute atomic E-state index is 6.63. The fraction of sp³-hybridized carbons (Fsp3) is 0.588. The van der Waals surface area contributed by atoms with Crippen molar-refractivity contribution in [3.05, 3.63) is 29.0 Å². The van der Waals surface area contributed by atoms with E-state index in [0.29, 0.717) is 0 Å². The maximum atomic E-state index is 6.63. The quantitative estimate of drug-likeness (QED) is 0.915. The van der Waals surface area contributed by atoms with Gasteiger partial charge in [-0.2, -0.15) is 0 Å². The molecular formula is C17H24ClN3. The van der Waals surface area contributed by atoms with Gasteiger partial charge in [0.15, 0.2) is 0 Å². The molecule has 1 heterocycles. The van der Waals surface area contributed by atoms with Gasteiger partial charge < -0.3 is 10.3 Å². The number of imidazole rings is 1. The number of halogens is 1. The van der Waals surface area contributed by atoms with Crippen molar-refractivity contribution in [1.82, 2.24) is 9.55 Å². The van der Waals surface area contributed by atoms with Crippen LogP contribution in [-0.2, 0) is 13.0 Å². The highest BCUT2D eigenvalue weighted by Crippen LogP contribution is 2.30. The van der Waals surface area contributed by atoms with Crippen molar-refractivity contribution < 1.29 is 0 Å². The van der Waals surface area contributed by atoms with E-state index >= 15 is 0 Å². The predicted molar refractivity (Wildman–Crippen MR) is 88.7 cm³/mol. The van der Waals surface area contributed by atoms with Crippen molar-refractivity contribution in [2.75, 3.05) is 0 Å². The monoisotopic (exact) mass is 305 g/mol. The van der Waals surface area contributed by atoms with Gasteiger partial charge in [0.05, 0.1) is 11.0 Å². The van der Waals surface area contributed by atoms with Crippen LogP contribution < -0.4 is 5.73 Å². The number of hydrogen-bond acceptors (Lipinski definition) is 2. The van der Waals surface area contributed by atoms with E-state index in [9.17, 15) is 0 Å². The van der Waals surface area contributed by atoms with Crippen molar-refractivity contribution in [1.29, 1.82) is 0 Å². The Morgan fingerprint density at radius 3 is 2.76 bits per heavy atom. The predicted octanol–water partition coefficient (Wildman–Crippen LogP) is 4.30. The standard InChI is InChI=1S/C17H24ClN3/c1-2-10-21-15-11-13(18)6-7-14(15)20-16(21)12-17(19)8-4-3-5-9-17/h6-7,11H,2-5,8-10,12,19H2,1H3. The van der Waals surface area contributed by atoms with Gasteiger partial charge in [0.2, 0.25) is 0 Å². The van der Waals surface area contributed by atoms with Crippen LogP contribution >= 0.6 is 11.6 Å². The molecule has 21 heavy (non-hydrogen) atoms. The van der Waals surface area contributed by atoms with E-state index in [1.165, 1.54) is 19.3 Å². The summed E-state index contributed by atoms with van der Waals surface area (Å²) in [6.45, 7) is 3.17. The van der Waals surface area contributed by atoms with Gasteiger partial charge in [-0.05, 0) is 37.5 Å². The normalized spacial score (nSPS) is 18.2. The number of benzene rings is 1. The second kappa shape index (κ2) is 5.98. The molecule has 0 amide bonds. The molecule has 0 bridgehead atoms. The minimum absolute atomic E-state index is 0.0745. The number of nitrogens with zero attached hydrogens (tertiary/aromatic N) is 2. The maximum Gasteiger partial charge on any atom is 0.111 e. The molecule has 4 heteroatoms.